The van der Waals surface area contributed by atoms with Gasteiger partial charge in [0.05, 0.1) is 0 Å². The van der Waals surface area contributed by atoms with Crippen molar-refractivity contribution in [3.8, 4) is 11.1 Å². The Labute approximate surface area is 208 Å². The minimum atomic E-state index is 0.943. The second-order valence-electron chi connectivity index (χ2n) is 9.01. The number of allylic oxidation sites excluding steroid dienone is 1. The Morgan fingerprint density at radius 3 is 1.85 bits per heavy atom. The van der Waals surface area contributed by atoms with E-state index in [1.54, 1.807) is 0 Å². The van der Waals surface area contributed by atoms with E-state index in [0.29, 0.717) is 0 Å². The Morgan fingerprint density at radius 1 is 0.576 bits per heavy atom. The molecule has 0 heterocycles. The normalized spacial score (nSPS) is 13.6. The van der Waals surface area contributed by atoms with Gasteiger partial charge in [0.25, 0.3) is 0 Å². The van der Waals surface area contributed by atoms with Crippen molar-refractivity contribution in [1.29, 1.82) is 0 Å². The molecule has 0 spiro atoms. The van der Waals surface area contributed by atoms with E-state index in [1.165, 1.54) is 55.7 Å². The number of aryl methyl sites for hydroxylation is 3. The minimum Gasteiger partial charge on any atom is -0.143 e. The lowest BCUT2D eigenvalue weighted by molar-refractivity contribution is 0.859. The van der Waals surface area contributed by atoms with E-state index in [1.807, 2.05) is 6.07 Å². The molecular weight excluding hydrogens is 436 g/mol. The second-order valence-corrected chi connectivity index (χ2v) is 10.0. The molecule has 4 aromatic carbocycles. The van der Waals surface area contributed by atoms with Crippen LogP contribution in [-0.2, 0) is 6.42 Å². The molecule has 33 heavy (non-hydrogen) atoms. The summed E-state index contributed by atoms with van der Waals surface area (Å²) in [7, 11) is 0. The van der Waals surface area contributed by atoms with Crippen molar-refractivity contribution >= 4 is 36.4 Å². The Morgan fingerprint density at radius 2 is 1.18 bits per heavy atom. The quantitative estimate of drug-likeness (QED) is 0.278. The van der Waals surface area contributed by atoms with Crippen LogP contribution in [-0.4, -0.2) is 0 Å². The first-order chi connectivity index (χ1) is 16.0. The zero-order valence-corrected chi connectivity index (χ0v) is 20.9. The number of hydrogen-bond acceptors (Lipinski definition) is 2. The van der Waals surface area contributed by atoms with Crippen molar-refractivity contribution in [3.05, 3.63) is 118 Å². The fourth-order valence-electron chi connectivity index (χ4n) is 4.81. The minimum absolute atomic E-state index is 0.943. The molecule has 0 fully saturated rings. The topological polar surface area (TPSA) is 0 Å². The molecule has 0 saturated heterocycles. The van der Waals surface area contributed by atoms with Crippen LogP contribution in [0, 0.1) is 13.8 Å². The van der Waals surface area contributed by atoms with E-state index >= 15 is 0 Å². The third-order valence-electron chi connectivity index (χ3n) is 6.58. The monoisotopic (exact) mass is 464 g/mol. The van der Waals surface area contributed by atoms with Crippen molar-refractivity contribution in [3.63, 3.8) is 0 Å². The van der Waals surface area contributed by atoms with Gasteiger partial charge < -0.3 is 0 Å². The van der Waals surface area contributed by atoms with Crippen LogP contribution in [0.1, 0.15) is 46.2 Å². The van der Waals surface area contributed by atoms with Crippen LogP contribution >= 0.6 is 25.3 Å². The maximum Gasteiger partial charge on any atom is 0.0127 e. The summed E-state index contributed by atoms with van der Waals surface area (Å²) >= 11 is 9.36. The zero-order chi connectivity index (χ0) is 22.9. The first-order valence-electron chi connectivity index (χ1n) is 11.5. The molecule has 0 unspecified atom stereocenters. The molecule has 0 bridgehead atoms. The van der Waals surface area contributed by atoms with Gasteiger partial charge in [0, 0.05) is 9.79 Å². The van der Waals surface area contributed by atoms with Gasteiger partial charge in [0.2, 0.25) is 0 Å². The van der Waals surface area contributed by atoms with E-state index in [-0.39, 0.29) is 0 Å². The summed E-state index contributed by atoms with van der Waals surface area (Å²) in [4.78, 5) is 1.93. The standard InChI is InChI=1S/C31H28S2/c1-20-6-10-22(11-7-20)24-14-16-27-25(18-24)4-3-5-29(28-17-15-26(32)19-30(28)33)31(27)23-12-8-21(2)9-13-23/h6-19,32-33H,3-5H2,1-2H3. The van der Waals surface area contributed by atoms with E-state index in [9.17, 15) is 0 Å². The van der Waals surface area contributed by atoms with Crippen LogP contribution in [0.4, 0.5) is 0 Å². The second kappa shape index (κ2) is 9.29. The summed E-state index contributed by atoms with van der Waals surface area (Å²) < 4.78 is 0. The predicted octanol–water partition coefficient (Wildman–Crippen LogP) is 8.84. The number of thiol groups is 2. The molecule has 0 saturated carbocycles. The van der Waals surface area contributed by atoms with E-state index in [2.05, 4.69) is 105 Å². The summed E-state index contributed by atoms with van der Waals surface area (Å²) in [6.45, 7) is 4.28. The van der Waals surface area contributed by atoms with Gasteiger partial charge >= 0.3 is 0 Å². The van der Waals surface area contributed by atoms with E-state index < -0.39 is 0 Å². The lowest BCUT2D eigenvalue weighted by Gasteiger charge is -2.19. The molecule has 0 aliphatic heterocycles. The highest BCUT2D eigenvalue weighted by Gasteiger charge is 2.21. The molecule has 5 rings (SSSR count). The summed E-state index contributed by atoms with van der Waals surface area (Å²) in [5.74, 6) is 0. The molecule has 2 heteroatoms. The van der Waals surface area contributed by atoms with Crippen LogP contribution in [0.2, 0.25) is 0 Å². The molecule has 0 radical (unpaired) electrons. The van der Waals surface area contributed by atoms with Crippen LogP contribution in [0.15, 0.2) is 94.7 Å². The van der Waals surface area contributed by atoms with Crippen LogP contribution in [0.5, 0.6) is 0 Å². The zero-order valence-electron chi connectivity index (χ0n) is 19.1. The number of hydrogen-bond donors (Lipinski definition) is 2. The lowest BCUT2D eigenvalue weighted by atomic mass is 9.86. The predicted molar refractivity (Wildman–Crippen MR) is 148 cm³/mol. The fourth-order valence-corrected chi connectivity index (χ4v) is 5.46. The highest BCUT2D eigenvalue weighted by molar-refractivity contribution is 7.81. The van der Waals surface area contributed by atoms with E-state index in [4.69, 9.17) is 12.6 Å². The molecule has 164 valence electrons. The van der Waals surface area contributed by atoms with Gasteiger partial charge in [-0.1, -0.05) is 83.9 Å². The molecule has 0 aromatic heterocycles. The molecule has 0 amide bonds. The van der Waals surface area contributed by atoms with Crippen molar-refractivity contribution in [1.82, 2.24) is 0 Å². The number of rotatable bonds is 3. The van der Waals surface area contributed by atoms with Crippen molar-refractivity contribution in [2.24, 2.45) is 0 Å². The molecular formula is C31H28S2. The lowest BCUT2D eigenvalue weighted by Crippen LogP contribution is -1.97. The first-order valence-corrected chi connectivity index (χ1v) is 12.4. The summed E-state index contributed by atoms with van der Waals surface area (Å²) in [6.07, 6.45) is 3.21. The van der Waals surface area contributed by atoms with Gasteiger partial charge in [-0.15, -0.1) is 25.3 Å². The molecule has 0 nitrogen and oxygen atoms in total. The van der Waals surface area contributed by atoms with Crippen molar-refractivity contribution in [2.75, 3.05) is 0 Å². The smallest absolute Gasteiger partial charge is 0.0127 e. The Hall–Kier alpha value is -2.68. The van der Waals surface area contributed by atoms with Crippen molar-refractivity contribution < 1.29 is 0 Å². The van der Waals surface area contributed by atoms with Crippen LogP contribution < -0.4 is 0 Å². The summed E-state index contributed by atoms with van der Waals surface area (Å²) in [5, 5.41) is 0. The fraction of sp³-hybridized carbons (Fsp3) is 0.161. The summed E-state index contributed by atoms with van der Waals surface area (Å²) in [6, 6.07) is 31.1. The number of benzene rings is 4. The van der Waals surface area contributed by atoms with Crippen LogP contribution in [0.25, 0.3) is 22.3 Å². The van der Waals surface area contributed by atoms with Gasteiger partial charge in [0.1, 0.15) is 0 Å². The Balaban J connectivity index is 1.73. The number of fused-ring (bicyclic) bond motifs is 1. The molecule has 0 N–H and O–H groups in total. The average Bonchev–Trinajstić information content (AvgIpc) is 2.99. The SMILES string of the molecule is Cc1ccc(C2=C(c3ccc(S)cc3S)CCCc3cc(-c4ccc(C)cc4)ccc32)cc1. The maximum absolute atomic E-state index is 4.84. The van der Waals surface area contributed by atoms with Gasteiger partial charge in [-0.3, -0.25) is 0 Å². The Kier molecular flexibility index (Phi) is 6.23. The molecule has 1 aliphatic carbocycles. The highest BCUT2D eigenvalue weighted by Crippen LogP contribution is 2.42. The van der Waals surface area contributed by atoms with Crippen molar-refractivity contribution in [2.45, 2.75) is 42.9 Å². The molecule has 4 aromatic rings. The summed E-state index contributed by atoms with van der Waals surface area (Å²) in [5.41, 5.74) is 13.1. The first kappa shape index (κ1) is 22.1. The third kappa shape index (κ3) is 4.55. The Bertz CT molecular complexity index is 1340. The van der Waals surface area contributed by atoms with Gasteiger partial charge in [-0.05, 0) is 89.8 Å². The van der Waals surface area contributed by atoms with Crippen LogP contribution in [0.3, 0.4) is 0 Å². The van der Waals surface area contributed by atoms with Gasteiger partial charge in [0.15, 0.2) is 0 Å². The van der Waals surface area contributed by atoms with Gasteiger partial charge in [-0.2, -0.15) is 0 Å². The highest BCUT2D eigenvalue weighted by atomic mass is 32.1. The molecule has 1 aliphatic rings. The third-order valence-corrected chi connectivity index (χ3v) is 7.23. The van der Waals surface area contributed by atoms with Gasteiger partial charge in [-0.25, -0.2) is 0 Å². The molecule has 0 atom stereocenters. The average molecular weight is 465 g/mol. The maximum atomic E-state index is 4.84. The largest absolute Gasteiger partial charge is 0.143 e. The van der Waals surface area contributed by atoms with E-state index in [0.717, 1.165) is 29.1 Å².